The number of hydrogen-bond acceptors (Lipinski definition) is 7. The molecule has 10 heteroatoms. The lowest BCUT2D eigenvalue weighted by molar-refractivity contribution is -0.140. The van der Waals surface area contributed by atoms with Gasteiger partial charge in [0.25, 0.3) is 0 Å². The van der Waals surface area contributed by atoms with Gasteiger partial charge in [0.1, 0.15) is 16.9 Å². The minimum absolute atomic E-state index is 0.0199. The van der Waals surface area contributed by atoms with Gasteiger partial charge in [-0.3, -0.25) is 0 Å². The highest BCUT2D eigenvalue weighted by Crippen LogP contribution is 2.46. The number of unbranched alkanes of at least 4 members (excludes halogenated alkanes) is 1. The van der Waals surface area contributed by atoms with Crippen molar-refractivity contribution >= 4 is 39.1 Å². The van der Waals surface area contributed by atoms with E-state index in [0.717, 1.165) is 18.5 Å². The van der Waals surface area contributed by atoms with Gasteiger partial charge >= 0.3 is 5.97 Å². The molecule has 0 fully saturated rings. The van der Waals surface area contributed by atoms with Crippen molar-refractivity contribution in [2.75, 3.05) is 31.4 Å². The number of nitrogens with zero attached hydrogens (tertiary/aromatic N) is 2. The second-order valence-electron chi connectivity index (χ2n) is 8.85. The molecule has 7 nitrogen and oxygen atoms in total. The molecule has 0 N–H and O–H groups in total. The maximum absolute atomic E-state index is 14.2. The van der Waals surface area contributed by atoms with Gasteiger partial charge in [0.05, 0.1) is 22.7 Å². The van der Waals surface area contributed by atoms with E-state index in [0.29, 0.717) is 36.2 Å². The average molecular weight is 551 g/mol. The first-order chi connectivity index (χ1) is 17.6. The number of sulfonamides is 1. The SMILES string of the molecule is CCCCC1(CC)CN(c2ccccc2)c2cc(SC)c(O/C=C(\F)C(=O)OCC)cc2S(=O)(=O)N1C. The van der Waals surface area contributed by atoms with Crippen molar-refractivity contribution in [3.8, 4) is 5.75 Å². The van der Waals surface area contributed by atoms with Crippen molar-refractivity contribution in [2.45, 2.75) is 61.8 Å². The lowest BCUT2D eigenvalue weighted by atomic mass is 9.88. The maximum Gasteiger partial charge on any atom is 0.370 e. The van der Waals surface area contributed by atoms with Crippen molar-refractivity contribution in [3.05, 3.63) is 54.6 Å². The van der Waals surface area contributed by atoms with Crippen LogP contribution in [0.4, 0.5) is 15.8 Å². The quantitative estimate of drug-likeness (QED) is 0.149. The molecule has 0 bridgehead atoms. The topological polar surface area (TPSA) is 76.1 Å². The molecule has 0 saturated carbocycles. The first-order valence-electron chi connectivity index (χ1n) is 12.4. The van der Waals surface area contributed by atoms with E-state index in [1.165, 1.54) is 22.1 Å². The third-order valence-corrected chi connectivity index (χ3v) is 9.53. The largest absolute Gasteiger partial charge is 0.461 e. The molecule has 3 rings (SSSR count). The molecule has 0 radical (unpaired) electrons. The van der Waals surface area contributed by atoms with Crippen molar-refractivity contribution in [3.63, 3.8) is 0 Å². The fraction of sp³-hybridized carbons (Fsp3) is 0.444. The van der Waals surface area contributed by atoms with Crippen molar-refractivity contribution in [1.82, 2.24) is 4.31 Å². The Balaban J connectivity index is 2.23. The Kier molecular flexibility index (Phi) is 9.66. The Labute approximate surface area is 223 Å². The zero-order valence-electron chi connectivity index (χ0n) is 22.0. The van der Waals surface area contributed by atoms with E-state index in [2.05, 4.69) is 11.7 Å². The highest BCUT2D eigenvalue weighted by Gasteiger charge is 2.46. The monoisotopic (exact) mass is 550 g/mol. The van der Waals surface area contributed by atoms with E-state index in [1.54, 1.807) is 20.0 Å². The molecule has 0 spiro atoms. The first kappa shape index (κ1) is 29.0. The summed E-state index contributed by atoms with van der Waals surface area (Å²) in [6.45, 7) is 6.18. The molecule has 202 valence electrons. The minimum atomic E-state index is -3.96. The number of para-hydroxylation sites is 1. The highest BCUT2D eigenvalue weighted by molar-refractivity contribution is 7.98. The number of anilines is 2. The average Bonchev–Trinajstić information content (AvgIpc) is 2.98. The molecule has 1 atom stereocenters. The van der Waals surface area contributed by atoms with Crippen LogP contribution in [0.5, 0.6) is 5.75 Å². The molecule has 0 aromatic heterocycles. The first-order valence-corrected chi connectivity index (χ1v) is 15.0. The van der Waals surface area contributed by atoms with Gasteiger partial charge in [-0.05, 0) is 44.2 Å². The summed E-state index contributed by atoms with van der Waals surface area (Å²) in [5.74, 6) is -2.22. The lowest BCUT2D eigenvalue weighted by Gasteiger charge is -2.41. The van der Waals surface area contributed by atoms with Crippen LogP contribution in [0.3, 0.4) is 0 Å². The molecule has 0 amide bonds. The third kappa shape index (κ3) is 5.97. The molecule has 2 aromatic carbocycles. The van der Waals surface area contributed by atoms with Crippen LogP contribution in [0.2, 0.25) is 0 Å². The van der Waals surface area contributed by atoms with Crippen LogP contribution < -0.4 is 9.64 Å². The molecule has 0 saturated heterocycles. The van der Waals surface area contributed by atoms with Gasteiger partial charge in [-0.2, -0.15) is 8.70 Å². The number of fused-ring (bicyclic) bond motifs is 1. The Bertz CT molecular complexity index is 1240. The van der Waals surface area contributed by atoms with Gasteiger partial charge in [-0.15, -0.1) is 11.8 Å². The zero-order chi connectivity index (χ0) is 27.2. The molecule has 1 heterocycles. The van der Waals surface area contributed by atoms with Crippen molar-refractivity contribution in [1.29, 1.82) is 0 Å². The fourth-order valence-electron chi connectivity index (χ4n) is 4.54. The second-order valence-corrected chi connectivity index (χ2v) is 11.6. The molecule has 1 aliphatic heterocycles. The Hall–Kier alpha value is -2.56. The van der Waals surface area contributed by atoms with E-state index in [-0.39, 0.29) is 17.3 Å². The smallest absolute Gasteiger partial charge is 0.370 e. The van der Waals surface area contributed by atoms with Gasteiger partial charge in [-0.25, -0.2) is 13.2 Å². The summed E-state index contributed by atoms with van der Waals surface area (Å²) < 4.78 is 54.1. The van der Waals surface area contributed by atoms with Gasteiger partial charge in [-0.1, -0.05) is 44.9 Å². The van der Waals surface area contributed by atoms with Gasteiger partial charge in [0, 0.05) is 25.3 Å². The Morgan fingerprint density at radius 3 is 2.49 bits per heavy atom. The van der Waals surface area contributed by atoms with E-state index in [9.17, 15) is 17.6 Å². The van der Waals surface area contributed by atoms with Gasteiger partial charge < -0.3 is 14.4 Å². The minimum Gasteiger partial charge on any atom is -0.461 e. The number of rotatable bonds is 10. The number of likely N-dealkylation sites (N-methyl/N-ethyl adjacent to an activating group) is 1. The maximum atomic E-state index is 14.2. The highest BCUT2D eigenvalue weighted by atomic mass is 32.2. The van der Waals surface area contributed by atoms with Crippen LogP contribution in [-0.4, -0.2) is 50.7 Å². The lowest BCUT2D eigenvalue weighted by Crippen LogP contribution is -2.53. The van der Waals surface area contributed by atoms with Gasteiger partial charge in [0.2, 0.25) is 15.9 Å². The number of halogens is 1. The van der Waals surface area contributed by atoms with Crippen molar-refractivity contribution < 1.29 is 27.1 Å². The van der Waals surface area contributed by atoms with Crippen LogP contribution >= 0.6 is 11.8 Å². The number of hydrogen-bond donors (Lipinski definition) is 0. The van der Waals surface area contributed by atoms with Crippen molar-refractivity contribution in [2.24, 2.45) is 0 Å². The third-order valence-electron chi connectivity index (χ3n) is 6.78. The molecule has 1 unspecified atom stereocenters. The standard InChI is InChI=1S/C27H35FN2O5S2/c1-6-9-15-27(7-2)19-30(20-13-11-10-12-14-20)22-16-24(36-5)23(17-25(22)37(32,33)29(27)4)35-18-21(28)26(31)34-8-3/h10-14,16-18H,6-9,15,19H2,1-5H3/b21-18-. The van der Waals surface area contributed by atoms with Gasteiger partial charge in [0.15, 0.2) is 0 Å². The van der Waals surface area contributed by atoms with E-state index < -0.39 is 27.4 Å². The summed E-state index contributed by atoms with van der Waals surface area (Å²) in [5, 5.41) is 0. The van der Waals surface area contributed by atoms with Crippen LogP contribution in [0.15, 0.2) is 64.3 Å². The van der Waals surface area contributed by atoms with E-state index in [4.69, 9.17) is 4.74 Å². The number of carbonyl (C=O) groups is 1. The fourth-order valence-corrected chi connectivity index (χ4v) is 6.85. The molecule has 37 heavy (non-hydrogen) atoms. The van der Waals surface area contributed by atoms with Crippen LogP contribution in [0.1, 0.15) is 46.5 Å². The van der Waals surface area contributed by atoms with E-state index >= 15 is 0 Å². The number of esters is 1. The summed E-state index contributed by atoms with van der Waals surface area (Å²) in [6.07, 6.45) is 5.64. The number of ether oxygens (including phenoxy) is 2. The second kappa shape index (κ2) is 12.3. The van der Waals surface area contributed by atoms with Crippen LogP contribution in [0, 0.1) is 0 Å². The Morgan fingerprint density at radius 2 is 1.89 bits per heavy atom. The summed E-state index contributed by atoms with van der Waals surface area (Å²) in [5.41, 5.74) is 0.758. The summed E-state index contributed by atoms with van der Waals surface area (Å²) >= 11 is 1.34. The number of benzene rings is 2. The molecular weight excluding hydrogens is 515 g/mol. The van der Waals surface area contributed by atoms with Crippen LogP contribution in [0.25, 0.3) is 0 Å². The normalized spacial score (nSPS) is 19.7. The zero-order valence-corrected chi connectivity index (χ0v) is 23.6. The number of thioether (sulfide) groups is 1. The van der Waals surface area contributed by atoms with Crippen LogP contribution in [-0.2, 0) is 19.6 Å². The molecule has 1 aliphatic rings. The predicted molar refractivity (Wildman–Crippen MR) is 146 cm³/mol. The number of carbonyl (C=O) groups excluding carboxylic acids is 1. The molecule has 2 aromatic rings. The summed E-state index contributed by atoms with van der Waals surface area (Å²) in [4.78, 5) is 14.4. The predicted octanol–water partition coefficient (Wildman–Crippen LogP) is 6.27. The molecular formula is C27H35FN2O5S2. The summed E-state index contributed by atoms with van der Waals surface area (Å²) in [7, 11) is -2.33. The van der Waals surface area contributed by atoms with E-state index in [1.807, 2.05) is 48.4 Å². The molecule has 0 aliphatic carbocycles. The summed E-state index contributed by atoms with van der Waals surface area (Å²) in [6, 6.07) is 12.9. The Morgan fingerprint density at radius 1 is 1.19 bits per heavy atom.